The number of ketones is 3. The summed E-state index contributed by atoms with van der Waals surface area (Å²) < 4.78 is 5.34. The van der Waals surface area contributed by atoms with Gasteiger partial charge in [0.25, 0.3) is 0 Å². The highest BCUT2D eigenvalue weighted by molar-refractivity contribution is 8.03. The van der Waals surface area contributed by atoms with E-state index in [-0.39, 0.29) is 49.3 Å². The van der Waals surface area contributed by atoms with Crippen LogP contribution in [0.4, 0.5) is 0 Å². The third-order valence-corrected chi connectivity index (χ3v) is 5.04. The molecule has 0 radical (unpaired) electrons. The van der Waals surface area contributed by atoms with Crippen LogP contribution in [0.3, 0.4) is 0 Å². The first-order valence-corrected chi connectivity index (χ1v) is 9.03. The lowest BCUT2D eigenvalue weighted by Crippen LogP contribution is -2.34. The standard InChI is InChI=1S/C19H22O5S/c1-12(2)18(23)17-16(22)10-15(21)14(11-24-9-8-20)19(17)25-13-6-4-3-5-7-13/h3-7,12,14,20H,8-11H2,1-2H3. The Morgan fingerprint density at radius 1 is 1.28 bits per heavy atom. The summed E-state index contributed by atoms with van der Waals surface area (Å²) in [5.74, 6) is -1.91. The van der Waals surface area contributed by atoms with Crippen molar-refractivity contribution in [2.75, 3.05) is 19.8 Å². The molecule has 0 spiro atoms. The van der Waals surface area contributed by atoms with Gasteiger partial charge in [-0.1, -0.05) is 43.8 Å². The van der Waals surface area contributed by atoms with Crippen LogP contribution in [0.5, 0.6) is 0 Å². The van der Waals surface area contributed by atoms with E-state index in [0.717, 1.165) is 4.90 Å². The summed E-state index contributed by atoms with van der Waals surface area (Å²) >= 11 is 1.27. The quantitative estimate of drug-likeness (QED) is 0.435. The van der Waals surface area contributed by atoms with E-state index < -0.39 is 11.7 Å². The molecule has 0 saturated heterocycles. The molecule has 0 aromatic heterocycles. The lowest BCUT2D eigenvalue weighted by molar-refractivity contribution is -0.130. The molecule has 134 valence electrons. The maximum Gasteiger partial charge on any atom is 0.174 e. The second-order valence-corrected chi connectivity index (χ2v) is 7.21. The van der Waals surface area contributed by atoms with Gasteiger partial charge in [0.1, 0.15) is 0 Å². The highest BCUT2D eigenvalue weighted by Crippen LogP contribution is 2.39. The lowest BCUT2D eigenvalue weighted by Gasteiger charge is -2.26. The Hall–Kier alpha value is -1.76. The third kappa shape index (κ3) is 4.87. The summed E-state index contributed by atoms with van der Waals surface area (Å²) in [6, 6.07) is 9.32. The molecule has 0 fully saturated rings. The maximum atomic E-state index is 12.6. The number of allylic oxidation sites excluding steroid dienone is 1. The van der Waals surface area contributed by atoms with Gasteiger partial charge in [-0.25, -0.2) is 0 Å². The monoisotopic (exact) mass is 362 g/mol. The summed E-state index contributed by atoms with van der Waals surface area (Å²) in [7, 11) is 0. The van der Waals surface area contributed by atoms with Gasteiger partial charge in [-0.3, -0.25) is 14.4 Å². The molecule has 1 aromatic carbocycles. The molecule has 5 nitrogen and oxygen atoms in total. The van der Waals surface area contributed by atoms with E-state index >= 15 is 0 Å². The zero-order chi connectivity index (χ0) is 18.4. The molecular weight excluding hydrogens is 340 g/mol. The zero-order valence-corrected chi connectivity index (χ0v) is 15.2. The zero-order valence-electron chi connectivity index (χ0n) is 14.4. The summed E-state index contributed by atoms with van der Waals surface area (Å²) in [5, 5.41) is 8.88. The second-order valence-electron chi connectivity index (χ2n) is 6.09. The number of thioether (sulfide) groups is 1. The molecule has 1 N–H and O–H groups in total. The predicted octanol–water partition coefficient (Wildman–Crippen LogP) is 2.42. The van der Waals surface area contributed by atoms with Crippen LogP contribution in [-0.4, -0.2) is 42.3 Å². The number of hydrogen-bond acceptors (Lipinski definition) is 6. The molecule has 2 rings (SSSR count). The van der Waals surface area contributed by atoms with Crippen LogP contribution in [0.15, 0.2) is 45.7 Å². The predicted molar refractivity (Wildman–Crippen MR) is 95.2 cm³/mol. The van der Waals surface area contributed by atoms with Gasteiger partial charge in [0, 0.05) is 15.7 Å². The Labute approximate surface area is 151 Å². The van der Waals surface area contributed by atoms with Crippen molar-refractivity contribution in [3.63, 3.8) is 0 Å². The topological polar surface area (TPSA) is 80.7 Å². The van der Waals surface area contributed by atoms with E-state index in [1.165, 1.54) is 11.8 Å². The van der Waals surface area contributed by atoms with Crippen molar-refractivity contribution in [3.8, 4) is 0 Å². The summed E-state index contributed by atoms with van der Waals surface area (Å²) in [6.45, 7) is 3.48. The first-order valence-electron chi connectivity index (χ1n) is 8.21. The highest BCUT2D eigenvalue weighted by atomic mass is 32.2. The average Bonchev–Trinajstić information content (AvgIpc) is 2.58. The van der Waals surface area contributed by atoms with Crippen LogP contribution >= 0.6 is 11.8 Å². The number of carbonyl (C=O) groups is 3. The molecule has 1 unspecified atom stereocenters. The van der Waals surface area contributed by atoms with Crippen LogP contribution in [0.25, 0.3) is 0 Å². The third-order valence-electron chi connectivity index (χ3n) is 3.83. The molecule has 1 aliphatic rings. The van der Waals surface area contributed by atoms with Gasteiger partial charge in [-0.05, 0) is 12.1 Å². The van der Waals surface area contributed by atoms with Gasteiger partial charge in [-0.15, -0.1) is 0 Å². The van der Waals surface area contributed by atoms with E-state index in [1.54, 1.807) is 13.8 Å². The van der Waals surface area contributed by atoms with Crippen LogP contribution in [0.2, 0.25) is 0 Å². The van der Waals surface area contributed by atoms with Crippen LogP contribution in [0.1, 0.15) is 20.3 Å². The number of aliphatic hydroxyl groups excluding tert-OH is 1. The largest absolute Gasteiger partial charge is 0.394 e. The summed E-state index contributed by atoms with van der Waals surface area (Å²) in [6.07, 6.45) is -0.278. The van der Waals surface area contributed by atoms with Crippen molar-refractivity contribution in [2.45, 2.75) is 25.2 Å². The maximum absolute atomic E-state index is 12.6. The Bertz CT molecular complexity index is 678. The Morgan fingerprint density at radius 2 is 1.96 bits per heavy atom. The minimum Gasteiger partial charge on any atom is -0.394 e. The Balaban J connectivity index is 2.46. The molecule has 0 bridgehead atoms. The number of carbonyl (C=O) groups excluding carboxylic acids is 3. The molecule has 0 heterocycles. The number of ether oxygens (including phenoxy) is 1. The van der Waals surface area contributed by atoms with Crippen molar-refractivity contribution in [1.29, 1.82) is 0 Å². The van der Waals surface area contributed by atoms with Gasteiger partial charge in [0.2, 0.25) is 0 Å². The molecule has 25 heavy (non-hydrogen) atoms. The second kappa shape index (κ2) is 9.08. The molecule has 1 aromatic rings. The minimum absolute atomic E-state index is 0.0523. The van der Waals surface area contributed by atoms with Crippen LogP contribution in [0, 0.1) is 11.8 Å². The fourth-order valence-electron chi connectivity index (χ4n) is 2.55. The SMILES string of the molecule is CC(C)C(=O)C1=C(Sc2ccccc2)C(COCCO)C(=O)CC1=O. The van der Waals surface area contributed by atoms with Gasteiger partial charge in [0.05, 0.1) is 37.7 Å². The van der Waals surface area contributed by atoms with Crippen LogP contribution < -0.4 is 0 Å². The number of rotatable bonds is 8. The Kier molecular flexibility index (Phi) is 7.11. The highest BCUT2D eigenvalue weighted by Gasteiger charge is 2.38. The smallest absolute Gasteiger partial charge is 0.174 e. The van der Waals surface area contributed by atoms with Crippen molar-refractivity contribution in [1.82, 2.24) is 0 Å². The number of Topliss-reactive ketones (excluding diaryl/α,β-unsaturated/α-hetero) is 3. The van der Waals surface area contributed by atoms with Gasteiger partial charge in [0.15, 0.2) is 17.3 Å². The molecule has 0 aliphatic heterocycles. The first kappa shape index (κ1) is 19.6. The number of benzene rings is 1. The minimum atomic E-state index is -0.660. The van der Waals surface area contributed by atoms with Gasteiger partial charge >= 0.3 is 0 Å². The first-order chi connectivity index (χ1) is 12.0. The van der Waals surface area contributed by atoms with Crippen molar-refractivity contribution >= 4 is 29.1 Å². The normalized spacial score (nSPS) is 18.2. The number of hydrogen-bond donors (Lipinski definition) is 1. The fourth-order valence-corrected chi connectivity index (χ4v) is 3.75. The summed E-state index contributed by atoms with van der Waals surface area (Å²) in [4.78, 5) is 38.8. The van der Waals surface area contributed by atoms with E-state index in [1.807, 2.05) is 30.3 Å². The van der Waals surface area contributed by atoms with Gasteiger partial charge < -0.3 is 9.84 Å². The molecular formula is C19H22O5S. The number of aliphatic hydroxyl groups is 1. The van der Waals surface area contributed by atoms with E-state index in [4.69, 9.17) is 9.84 Å². The van der Waals surface area contributed by atoms with E-state index in [2.05, 4.69) is 0 Å². The van der Waals surface area contributed by atoms with Gasteiger partial charge in [-0.2, -0.15) is 0 Å². The average molecular weight is 362 g/mol. The van der Waals surface area contributed by atoms with Crippen molar-refractivity contribution < 1.29 is 24.2 Å². The molecule has 1 aliphatic carbocycles. The molecule has 1 atom stereocenters. The van der Waals surface area contributed by atoms with Crippen LogP contribution in [-0.2, 0) is 19.1 Å². The fraction of sp³-hybridized carbons (Fsp3) is 0.421. The molecule has 0 amide bonds. The Morgan fingerprint density at radius 3 is 2.56 bits per heavy atom. The molecule has 6 heteroatoms. The van der Waals surface area contributed by atoms with E-state index in [0.29, 0.717) is 4.91 Å². The molecule has 0 saturated carbocycles. The van der Waals surface area contributed by atoms with Crippen molar-refractivity contribution in [2.24, 2.45) is 11.8 Å². The van der Waals surface area contributed by atoms with Crippen molar-refractivity contribution in [3.05, 3.63) is 40.8 Å². The van der Waals surface area contributed by atoms with E-state index in [9.17, 15) is 14.4 Å². The lowest BCUT2D eigenvalue weighted by atomic mass is 9.84. The summed E-state index contributed by atoms with van der Waals surface area (Å²) in [5.41, 5.74) is 0.126.